The van der Waals surface area contributed by atoms with Crippen molar-refractivity contribution >= 4 is 34.9 Å². The first-order valence-electron chi connectivity index (χ1n) is 10.6. The van der Waals surface area contributed by atoms with Crippen molar-refractivity contribution in [2.45, 2.75) is 12.6 Å². The molecule has 0 aliphatic rings. The maximum Gasteiger partial charge on any atom is 0.329 e. The Bertz CT molecular complexity index is 1470. The summed E-state index contributed by atoms with van der Waals surface area (Å²) in [4.78, 5) is 31.3. The maximum absolute atomic E-state index is 12.6. The van der Waals surface area contributed by atoms with Crippen LogP contribution in [0.15, 0.2) is 63.2 Å². The molecular formula is C23H23ClN6O5. The van der Waals surface area contributed by atoms with Crippen molar-refractivity contribution < 1.29 is 14.6 Å². The first-order chi connectivity index (χ1) is 16.9. The number of ether oxygens (including phenoxy) is 2. The number of benzene rings is 2. The van der Waals surface area contributed by atoms with Gasteiger partial charge < -0.3 is 19.1 Å². The molecule has 0 saturated heterocycles. The molecule has 0 radical (unpaired) electrons. The third-order valence-electron chi connectivity index (χ3n) is 5.18. The van der Waals surface area contributed by atoms with E-state index in [1.165, 1.54) is 22.4 Å². The van der Waals surface area contributed by atoms with Gasteiger partial charge >= 0.3 is 5.69 Å². The zero-order valence-corrected chi connectivity index (χ0v) is 19.7. The monoisotopic (exact) mass is 498 g/mol. The molecule has 0 aliphatic heterocycles. The molecule has 0 spiro atoms. The highest BCUT2D eigenvalue weighted by molar-refractivity contribution is 6.33. The number of imidazole rings is 1. The van der Waals surface area contributed by atoms with Crippen LogP contribution in [0.25, 0.3) is 11.2 Å². The summed E-state index contributed by atoms with van der Waals surface area (Å²) in [5.41, 5.74) is 2.43. The number of hydrogen-bond donors (Lipinski definition) is 3. The number of nitrogens with zero attached hydrogens (tertiary/aromatic N) is 4. The number of anilines is 1. The summed E-state index contributed by atoms with van der Waals surface area (Å²) < 4.78 is 13.4. The molecule has 182 valence electrons. The van der Waals surface area contributed by atoms with E-state index < -0.39 is 17.4 Å². The molecule has 4 aromatic rings. The zero-order valence-electron chi connectivity index (χ0n) is 18.9. The van der Waals surface area contributed by atoms with Crippen molar-refractivity contribution in [1.82, 2.24) is 19.1 Å². The molecular weight excluding hydrogens is 476 g/mol. The number of H-pyrrole nitrogens is 1. The number of hydrogen-bond acceptors (Lipinski definition) is 8. The summed E-state index contributed by atoms with van der Waals surface area (Å²) in [5, 5.41) is 15.3. The van der Waals surface area contributed by atoms with Gasteiger partial charge in [-0.1, -0.05) is 29.8 Å². The molecule has 11 nitrogen and oxygen atoms in total. The van der Waals surface area contributed by atoms with Gasteiger partial charge in [0.1, 0.15) is 24.2 Å². The minimum atomic E-state index is -1.01. The molecule has 3 N–H and O–H groups in total. The molecule has 2 aromatic heterocycles. The van der Waals surface area contributed by atoms with Crippen LogP contribution in [-0.4, -0.2) is 50.2 Å². The Morgan fingerprint density at radius 3 is 2.63 bits per heavy atom. The van der Waals surface area contributed by atoms with Gasteiger partial charge in [0.15, 0.2) is 11.2 Å². The lowest BCUT2D eigenvalue weighted by Crippen LogP contribution is -2.30. The van der Waals surface area contributed by atoms with E-state index in [2.05, 4.69) is 20.5 Å². The second-order valence-electron chi connectivity index (χ2n) is 7.57. The molecule has 0 saturated carbocycles. The minimum absolute atomic E-state index is 0.0575. The number of halogens is 1. The van der Waals surface area contributed by atoms with E-state index in [0.29, 0.717) is 22.1 Å². The topological polar surface area (TPSA) is 136 Å². The van der Waals surface area contributed by atoms with Gasteiger partial charge in [-0.2, -0.15) is 10.1 Å². The smallest absolute Gasteiger partial charge is 0.329 e. The number of nitrogens with one attached hydrogen (secondary N) is 2. The standard InChI is InChI=1S/C23H23ClN6O5/c1-29-20-19(21(32)27-23(29)33)30(12-15(31)13-35-17-9-7-16(34-2)8-10-17)22(26-20)28-25-11-14-5-3-4-6-18(14)24/h3-11,15,31H,12-13H2,1-2H3,(H,26,28)(H,27,32,33). The number of aryl methyl sites for hydroxylation is 1. The number of aliphatic hydroxyl groups is 1. The van der Waals surface area contributed by atoms with Crippen molar-refractivity contribution in [1.29, 1.82) is 0 Å². The fraction of sp³-hybridized carbons (Fsp3) is 0.217. The summed E-state index contributed by atoms with van der Waals surface area (Å²) >= 11 is 6.15. The molecule has 1 atom stereocenters. The number of rotatable bonds is 9. The van der Waals surface area contributed by atoms with Crippen molar-refractivity contribution in [3.63, 3.8) is 0 Å². The van der Waals surface area contributed by atoms with Crippen LogP contribution in [-0.2, 0) is 13.6 Å². The Labute approximate surface area is 204 Å². The van der Waals surface area contributed by atoms with E-state index in [4.69, 9.17) is 21.1 Å². The molecule has 35 heavy (non-hydrogen) atoms. The molecule has 4 rings (SSSR count). The highest BCUT2D eigenvalue weighted by atomic mass is 35.5. The van der Waals surface area contributed by atoms with Crippen LogP contribution in [0.4, 0.5) is 5.95 Å². The van der Waals surface area contributed by atoms with Crippen LogP contribution in [0.2, 0.25) is 5.02 Å². The highest BCUT2D eigenvalue weighted by Crippen LogP contribution is 2.19. The van der Waals surface area contributed by atoms with Crippen LogP contribution in [0.5, 0.6) is 11.5 Å². The van der Waals surface area contributed by atoms with Crippen molar-refractivity contribution in [3.8, 4) is 11.5 Å². The van der Waals surface area contributed by atoms with Crippen molar-refractivity contribution in [3.05, 3.63) is 80.0 Å². The lowest BCUT2D eigenvalue weighted by atomic mass is 10.2. The Hall–Kier alpha value is -4.09. The van der Waals surface area contributed by atoms with Crippen LogP contribution >= 0.6 is 11.6 Å². The van der Waals surface area contributed by atoms with E-state index >= 15 is 0 Å². The Balaban J connectivity index is 1.60. The van der Waals surface area contributed by atoms with E-state index in [-0.39, 0.29) is 30.3 Å². The summed E-state index contributed by atoms with van der Waals surface area (Å²) in [6.07, 6.45) is 0.484. The number of aromatic amines is 1. The molecule has 0 aliphatic carbocycles. The van der Waals surface area contributed by atoms with Gasteiger partial charge in [0.2, 0.25) is 5.95 Å². The fourth-order valence-electron chi connectivity index (χ4n) is 3.36. The number of aromatic nitrogens is 4. The summed E-state index contributed by atoms with van der Waals surface area (Å²) in [6.45, 7) is -0.115. The van der Waals surface area contributed by atoms with Gasteiger partial charge in [-0.15, -0.1) is 0 Å². The Kier molecular flexibility index (Phi) is 7.18. The lowest BCUT2D eigenvalue weighted by molar-refractivity contribution is 0.0938. The first-order valence-corrected chi connectivity index (χ1v) is 10.9. The highest BCUT2D eigenvalue weighted by Gasteiger charge is 2.20. The molecule has 2 aromatic carbocycles. The van der Waals surface area contributed by atoms with Crippen LogP contribution < -0.4 is 26.1 Å². The second kappa shape index (κ2) is 10.5. The van der Waals surface area contributed by atoms with Crippen LogP contribution in [0, 0.1) is 0 Å². The van der Waals surface area contributed by atoms with Crippen molar-refractivity contribution in [2.75, 3.05) is 19.1 Å². The molecule has 2 heterocycles. The number of hydrazone groups is 1. The molecule has 1 unspecified atom stereocenters. The first kappa shape index (κ1) is 24.0. The molecule has 0 fully saturated rings. The van der Waals surface area contributed by atoms with Crippen molar-refractivity contribution in [2.24, 2.45) is 12.1 Å². The van der Waals surface area contributed by atoms with E-state index in [1.807, 2.05) is 6.07 Å². The average molecular weight is 499 g/mol. The van der Waals surface area contributed by atoms with E-state index in [0.717, 1.165) is 0 Å². The second-order valence-corrected chi connectivity index (χ2v) is 7.98. The Morgan fingerprint density at radius 1 is 1.20 bits per heavy atom. The molecule has 0 amide bonds. The lowest BCUT2D eigenvalue weighted by Gasteiger charge is -2.15. The summed E-state index contributed by atoms with van der Waals surface area (Å²) in [5.74, 6) is 1.38. The van der Waals surface area contributed by atoms with Crippen LogP contribution in [0.3, 0.4) is 0 Å². The van der Waals surface area contributed by atoms with Gasteiger partial charge in [0.25, 0.3) is 5.56 Å². The number of fused-ring (bicyclic) bond motifs is 1. The largest absolute Gasteiger partial charge is 0.497 e. The van der Waals surface area contributed by atoms with E-state index in [1.54, 1.807) is 49.6 Å². The minimum Gasteiger partial charge on any atom is -0.497 e. The predicted molar refractivity (Wildman–Crippen MR) is 133 cm³/mol. The molecule has 12 heteroatoms. The van der Waals surface area contributed by atoms with Crippen LogP contribution in [0.1, 0.15) is 5.56 Å². The Morgan fingerprint density at radius 2 is 1.91 bits per heavy atom. The molecule has 0 bridgehead atoms. The van der Waals surface area contributed by atoms with Gasteiger partial charge in [0, 0.05) is 17.6 Å². The maximum atomic E-state index is 12.6. The normalized spacial score (nSPS) is 12.2. The van der Waals surface area contributed by atoms with Gasteiger partial charge in [0.05, 0.1) is 19.9 Å². The third-order valence-corrected chi connectivity index (χ3v) is 5.52. The average Bonchev–Trinajstić information content (AvgIpc) is 3.21. The van der Waals surface area contributed by atoms with Gasteiger partial charge in [-0.25, -0.2) is 10.2 Å². The van der Waals surface area contributed by atoms with Gasteiger partial charge in [-0.05, 0) is 30.3 Å². The number of aliphatic hydroxyl groups excluding tert-OH is 1. The zero-order chi connectivity index (χ0) is 24.9. The third kappa shape index (κ3) is 5.36. The summed E-state index contributed by atoms with van der Waals surface area (Å²) in [7, 11) is 3.05. The quantitative estimate of drug-likeness (QED) is 0.237. The van der Waals surface area contributed by atoms with E-state index in [9.17, 15) is 14.7 Å². The number of methoxy groups -OCH3 is 1. The fourth-order valence-corrected chi connectivity index (χ4v) is 3.55. The predicted octanol–water partition coefficient (Wildman–Crippen LogP) is 1.97. The summed E-state index contributed by atoms with van der Waals surface area (Å²) in [6, 6.07) is 14.0. The van der Waals surface area contributed by atoms with Gasteiger partial charge in [-0.3, -0.25) is 14.3 Å². The SMILES string of the molecule is COc1ccc(OCC(O)Cn2c(NN=Cc3ccccc3Cl)nc3c2c(=O)[nH]c(=O)n3C)cc1.